The lowest BCUT2D eigenvalue weighted by molar-refractivity contribution is -0.254. The topological polar surface area (TPSA) is 0 Å². The first-order valence-electron chi connectivity index (χ1n) is 16.2. The molecule has 49 heavy (non-hydrogen) atoms. The molecule has 0 saturated carbocycles. The van der Waals surface area contributed by atoms with Crippen LogP contribution in [0.25, 0.3) is 35.5 Å². The Balaban J connectivity index is 1.62. The summed E-state index contributed by atoms with van der Waals surface area (Å²) in [6.07, 6.45) is 7.07. The molecule has 0 bridgehead atoms. The van der Waals surface area contributed by atoms with E-state index < -0.39 is 28.9 Å². The van der Waals surface area contributed by atoms with Gasteiger partial charge in [0.25, 0.3) is 0 Å². The first-order valence-corrected chi connectivity index (χ1v) is 17.8. The van der Waals surface area contributed by atoms with E-state index in [0.29, 0.717) is 9.75 Å². The molecule has 0 nitrogen and oxygen atoms in total. The maximum absolute atomic E-state index is 15.9. The molecule has 0 spiro atoms. The Morgan fingerprint density at radius 2 is 0.796 bits per heavy atom. The predicted octanol–water partition coefficient (Wildman–Crippen LogP) is 13.8. The van der Waals surface area contributed by atoms with Crippen molar-refractivity contribution in [2.45, 2.75) is 97.8 Å². The molecule has 1 aliphatic rings. The second-order valence-electron chi connectivity index (χ2n) is 14.9. The van der Waals surface area contributed by atoms with Crippen molar-refractivity contribution in [3.05, 3.63) is 113 Å². The fourth-order valence-electron chi connectivity index (χ4n) is 6.33. The van der Waals surface area contributed by atoms with Gasteiger partial charge in [-0.05, 0) is 84.1 Å². The molecule has 0 N–H and O–H groups in total. The van der Waals surface area contributed by atoms with Gasteiger partial charge >= 0.3 is 17.8 Å². The number of benzene rings is 2. The molecule has 4 aromatic rings. The number of hydrogen-bond donors (Lipinski definition) is 0. The molecule has 0 amide bonds. The summed E-state index contributed by atoms with van der Waals surface area (Å²) < 4.78 is 94.2. The maximum atomic E-state index is 15.9. The van der Waals surface area contributed by atoms with E-state index >= 15 is 26.3 Å². The smallest absolute Gasteiger partial charge is 0.194 e. The maximum Gasteiger partial charge on any atom is 0.380 e. The molecular weight excluding hydrogens is 671 g/mol. The van der Waals surface area contributed by atoms with Crippen LogP contribution in [0.15, 0.2) is 48.5 Å². The minimum absolute atomic E-state index is 0.0325. The van der Waals surface area contributed by atoms with E-state index in [-0.39, 0.29) is 42.8 Å². The van der Waals surface area contributed by atoms with Gasteiger partial charge in [0, 0.05) is 41.8 Å². The molecule has 0 radical (unpaired) electrons. The van der Waals surface area contributed by atoms with Gasteiger partial charge < -0.3 is 0 Å². The Kier molecular flexibility index (Phi) is 9.38. The SMILES string of the molecule is Cc1sc(C=Cc2ccc(C(C)(C)C)cc2)c(C)c1C1=C(c2c(C)sc(C=Cc3ccc(C(C)(C)C)cc3)c2C)C(F)(F)C(F)(F)C1(F)F. The predicted molar refractivity (Wildman–Crippen MR) is 197 cm³/mol. The summed E-state index contributed by atoms with van der Waals surface area (Å²) in [4.78, 5) is 1.61. The average molecular weight is 713 g/mol. The average Bonchev–Trinajstić information content (AvgIpc) is 3.47. The van der Waals surface area contributed by atoms with Gasteiger partial charge in [-0.25, -0.2) is 0 Å². The Hall–Kier alpha value is -3.36. The van der Waals surface area contributed by atoms with E-state index in [1.807, 2.05) is 60.7 Å². The molecular formula is C41H42F6S2. The van der Waals surface area contributed by atoms with Gasteiger partial charge in [-0.1, -0.05) is 102 Å². The number of aryl methyl sites for hydroxylation is 2. The number of rotatable bonds is 6. The first kappa shape index (κ1) is 36.9. The number of alkyl halides is 6. The quantitative estimate of drug-likeness (QED) is 0.175. The zero-order chi connectivity index (χ0) is 36.5. The lowest BCUT2D eigenvalue weighted by atomic mass is 9.86. The summed E-state index contributed by atoms with van der Waals surface area (Å²) in [7, 11) is 0. The van der Waals surface area contributed by atoms with Crippen LogP contribution in [0, 0.1) is 27.7 Å². The Labute approximate surface area is 293 Å². The minimum Gasteiger partial charge on any atom is -0.194 e. The van der Waals surface area contributed by atoms with Crippen LogP contribution in [0.3, 0.4) is 0 Å². The molecule has 0 unspecified atom stereocenters. The van der Waals surface area contributed by atoms with Gasteiger partial charge in [0.15, 0.2) is 0 Å². The van der Waals surface area contributed by atoms with Crippen molar-refractivity contribution in [1.29, 1.82) is 0 Å². The zero-order valence-corrected chi connectivity index (χ0v) is 31.1. The monoisotopic (exact) mass is 712 g/mol. The van der Waals surface area contributed by atoms with Crippen LogP contribution < -0.4 is 0 Å². The highest BCUT2D eigenvalue weighted by atomic mass is 32.1. The van der Waals surface area contributed by atoms with Gasteiger partial charge in [-0.15, -0.1) is 22.7 Å². The van der Waals surface area contributed by atoms with Crippen LogP contribution in [-0.4, -0.2) is 17.8 Å². The number of halogens is 6. The second-order valence-corrected chi connectivity index (χ2v) is 17.4. The number of allylic oxidation sites excluding steroid dienone is 2. The Bertz CT molecular complexity index is 1830. The lowest BCUT2D eigenvalue weighted by Gasteiger charge is -2.26. The molecule has 0 fully saturated rings. The van der Waals surface area contributed by atoms with E-state index in [2.05, 4.69) is 41.5 Å². The summed E-state index contributed by atoms with van der Waals surface area (Å²) in [5.41, 5.74) is 1.39. The highest BCUT2D eigenvalue weighted by Gasteiger charge is 2.80. The van der Waals surface area contributed by atoms with Gasteiger partial charge in [0.1, 0.15) is 0 Å². The summed E-state index contributed by atoms with van der Waals surface area (Å²) >= 11 is 2.24. The van der Waals surface area contributed by atoms with Gasteiger partial charge in [0.05, 0.1) is 0 Å². The fourth-order valence-corrected chi connectivity index (χ4v) is 8.48. The minimum atomic E-state index is -5.62. The Morgan fingerprint density at radius 1 is 0.490 bits per heavy atom. The van der Waals surface area contributed by atoms with Crippen LogP contribution >= 0.6 is 22.7 Å². The van der Waals surface area contributed by atoms with Crippen LogP contribution in [0.1, 0.15) is 106 Å². The van der Waals surface area contributed by atoms with Crippen molar-refractivity contribution in [2.75, 3.05) is 0 Å². The highest BCUT2D eigenvalue weighted by molar-refractivity contribution is 7.13. The third-order valence-corrected chi connectivity index (χ3v) is 11.6. The van der Waals surface area contributed by atoms with Gasteiger partial charge in [0.2, 0.25) is 0 Å². The summed E-state index contributed by atoms with van der Waals surface area (Å²) in [6, 6.07) is 15.8. The van der Waals surface area contributed by atoms with Crippen molar-refractivity contribution in [2.24, 2.45) is 0 Å². The largest absolute Gasteiger partial charge is 0.380 e. The zero-order valence-electron chi connectivity index (χ0n) is 29.5. The molecule has 0 atom stereocenters. The first-order chi connectivity index (χ1) is 22.5. The van der Waals surface area contributed by atoms with E-state index in [1.54, 1.807) is 12.2 Å². The van der Waals surface area contributed by atoms with Crippen molar-refractivity contribution in [3.8, 4) is 0 Å². The van der Waals surface area contributed by atoms with Crippen LogP contribution in [0.2, 0.25) is 0 Å². The third-order valence-electron chi connectivity index (χ3n) is 9.29. The summed E-state index contributed by atoms with van der Waals surface area (Å²) in [5, 5.41) is 0. The molecule has 2 aromatic heterocycles. The number of hydrogen-bond acceptors (Lipinski definition) is 2. The number of thiophene rings is 2. The van der Waals surface area contributed by atoms with Crippen molar-refractivity contribution < 1.29 is 26.3 Å². The van der Waals surface area contributed by atoms with Crippen LogP contribution in [0.5, 0.6) is 0 Å². The highest BCUT2D eigenvalue weighted by Crippen LogP contribution is 2.66. The van der Waals surface area contributed by atoms with E-state index in [4.69, 9.17) is 0 Å². The van der Waals surface area contributed by atoms with Gasteiger partial charge in [-0.3, -0.25) is 0 Å². The molecule has 0 saturated heterocycles. The molecule has 1 aliphatic carbocycles. The standard InChI is InChI=1S/C41H42F6S2/c1-23-31(21-15-27-11-17-29(18-12-27)37(5,6)7)48-25(3)33(23)35-36(40(44,45)41(46,47)39(35,42)43)34-24(2)32(49-26(34)4)22-16-28-13-19-30(20-14-28)38(8,9)10/h11-22H,1-10H3. The van der Waals surface area contributed by atoms with E-state index in [1.165, 1.54) is 27.7 Å². The molecule has 2 aromatic carbocycles. The molecule has 5 rings (SSSR count). The molecule has 8 heteroatoms. The lowest BCUT2D eigenvalue weighted by Crippen LogP contribution is -2.49. The van der Waals surface area contributed by atoms with E-state index in [9.17, 15) is 0 Å². The molecule has 2 heterocycles. The molecule has 0 aliphatic heterocycles. The molecule has 260 valence electrons. The van der Waals surface area contributed by atoms with E-state index in [0.717, 1.165) is 44.9 Å². The van der Waals surface area contributed by atoms with Crippen molar-refractivity contribution >= 4 is 58.1 Å². The van der Waals surface area contributed by atoms with Crippen LogP contribution in [0.4, 0.5) is 26.3 Å². The summed E-state index contributed by atoms with van der Waals surface area (Å²) in [5.74, 6) is -15.8. The summed E-state index contributed by atoms with van der Waals surface area (Å²) in [6.45, 7) is 18.7. The van der Waals surface area contributed by atoms with Crippen LogP contribution in [-0.2, 0) is 10.8 Å². The third kappa shape index (κ3) is 6.40. The second kappa shape index (κ2) is 12.4. The van der Waals surface area contributed by atoms with Gasteiger partial charge in [-0.2, -0.15) is 26.3 Å². The normalized spacial score (nSPS) is 17.6. The Morgan fingerprint density at radius 3 is 1.08 bits per heavy atom. The fraction of sp³-hybridized carbons (Fsp3) is 0.366. The van der Waals surface area contributed by atoms with Crippen molar-refractivity contribution in [3.63, 3.8) is 0 Å². The van der Waals surface area contributed by atoms with Crippen molar-refractivity contribution in [1.82, 2.24) is 0 Å².